The van der Waals surface area contributed by atoms with Crippen LogP contribution in [0.3, 0.4) is 0 Å². The van der Waals surface area contributed by atoms with Crippen LogP contribution in [0.4, 0.5) is 5.69 Å². The van der Waals surface area contributed by atoms with Gasteiger partial charge in [0.2, 0.25) is 11.8 Å². The maximum atomic E-state index is 12.1. The van der Waals surface area contributed by atoms with E-state index < -0.39 is 0 Å². The number of anilines is 1. The molecule has 1 aromatic carbocycles. The summed E-state index contributed by atoms with van der Waals surface area (Å²) in [6, 6.07) is 7.51. The molecule has 130 valence electrons. The third-order valence-corrected chi connectivity index (χ3v) is 4.83. The Bertz CT molecular complexity index is 663. The first-order valence-corrected chi connectivity index (χ1v) is 10.1. The van der Waals surface area contributed by atoms with E-state index in [2.05, 4.69) is 22.4 Å². The number of hydrogen-bond acceptors (Lipinski definition) is 7. The quantitative estimate of drug-likeness (QED) is 0.658. The van der Waals surface area contributed by atoms with Gasteiger partial charge in [-0.1, -0.05) is 36.9 Å². The molecule has 3 N–H and O–H groups in total. The van der Waals surface area contributed by atoms with Crippen molar-refractivity contribution in [3.8, 4) is 0 Å². The number of nitrogens with two attached hydrogens (primary N) is 1. The van der Waals surface area contributed by atoms with E-state index in [1.807, 2.05) is 30.5 Å². The van der Waals surface area contributed by atoms with Gasteiger partial charge in [-0.3, -0.25) is 4.79 Å². The summed E-state index contributed by atoms with van der Waals surface area (Å²) in [7, 11) is 0. The van der Waals surface area contributed by atoms with E-state index in [-0.39, 0.29) is 17.7 Å². The lowest BCUT2D eigenvalue weighted by Gasteiger charge is -2.08. The van der Waals surface area contributed by atoms with Gasteiger partial charge in [0.05, 0.1) is 11.8 Å². The molecule has 1 aromatic heterocycles. The number of carbonyl (C=O) groups excluding carboxylic acids is 1. The average Bonchev–Trinajstić information content (AvgIpc) is 3.07. The molecule has 1 amide bonds. The number of aryl methyl sites for hydroxylation is 1. The number of carbonyl (C=O) groups is 1. The van der Waals surface area contributed by atoms with Crippen molar-refractivity contribution in [2.75, 3.05) is 23.1 Å². The molecule has 1 atom stereocenters. The largest absolute Gasteiger partial charge is 0.414 e. The highest BCUT2D eigenvalue weighted by atomic mass is 32.2. The molecular weight excluding hydrogens is 344 g/mol. The summed E-state index contributed by atoms with van der Waals surface area (Å²) in [5.41, 5.74) is 7.94. The molecule has 8 heteroatoms. The van der Waals surface area contributed by atoms with Crippen LogP contribution in [-0.2, 0) is 11.2 Å². The molecule has 1 heterocycles. The topological polar surface area (TPSA) is 94.0 Å². The Kier molecular flexibility index (Phi) is 7.61. The molecule has 0 aliphatic carbocycles. The summed E-state index contributed by atoms with van der Waals surface area (Å²) >= 11 is 2.93. The van der Waals surface area contributed by atoms with Gasteiger partial charge in [0, 0.05) is 5.69 Å². The number of amides is 1. The Morgan fingerprint density at radius 1 is 1.38 bits per heavy atom. The fourth-order valence-corrected chi connectivity index (χ4v) is 3.12. The Morgan fingerprint density at radius 2 is 2.17 bits per heavy atom. The number of aromatic nitrogens is 2. The minimum Gasteiger partial charge on any atom is -0.414 e. The minimum absolute atomic E-state index is 0.104. The summed E-state index contributed by atoms with van der Waals surface area (Å²) in [4.78, 5) is 12.1. The number of para-hydroxylation sites is 1. The van der Waals surface area contributed by atoms with Gasteiger partial charge >= 0.3 is 0 Å². The molecule has 24 heavy (non-hydrogen) atoms. The van der Waals surface area contributed by atoms with E-state index in [9.17, 15) is 4.79 Å². The lowest BCUT2D eigenvalue weighted by Crippen LogP contribution is -2.15. The van der Waals surface area contributed by atoms with Crippen molar-refractivity contribution in [1.82, 2.24) is 10.2 Å². The summed E-state index contributed by atoms with van der Waals surface area (Å²) in [6.45, 7) is 2.06. The molecule has 0 aliphatic rings. The second-order valence-electron chi connectivity index (χ2n) is 5.14. The van der Waals surface area contributed by atoms with Gasteiger partial charge in [-0.15, -0.1) is 10.2 Å². The second-order valence-corrected chi connectivity index (χ2v) is 7.05. The second kappa shape index (κ2) is 9.71. The molecule has 0 saturated carbocycles. The van der Waals surface area contributed by atoms with Crippen LogP contribution in [0.2, 0.25) is 0 Å². The van der Waals surface area contributed by atoms with Crippen molar-refractivity contribution in [3.05, 3.63) is 35.7 Å². The SMILES string of the molecule is CCc1ccccc1NC(=O)CSc1nnc([C@@H](N)CCSC)o1. The van der Waals surface area contributed by atoms with Gasteiger partial charge in [-0.25, -0.2) is 0 Å². The van der Waals surface area contributed by atoms with Crippen molar-refractivity contribution < 1.29 is 9.21 Å². The first-order valence-electron chi connectivity index (χ1n) is 7.72. The smallest absolute Gasteiger partial charge is 0.277 e. The van der Waals surface area contributed by atoms with Crippen molar-refractivity contribution in [2.24, 2.45) is 5.73 Å². The Morgan fingerprint density at radius 3 is 2.92 bits per heavy atom. The zero-order valence-electron chi connectivity index (χ0n) is 13.8. The zero-order valence-corrected chi connectivity index (χ0v) is 15.5. The number of hydrogen-bond donors (Lipinski definition) is 2. The van der Waals surface area contributed by atoms with Gasteiger partial charge < -0.3 is 15.5 Å². The highest BCUT2D eigenvalue weighted by Gasteiger charge is 2.15. The third-order valence-electron chi connectivity index (χ3n) is 3.37. The zero-order chi connectivity index (χ0) is 17.4. The molecule has 0 unspecified atom stereocenters. The first kappa shape index (κ1) is 18.8. The fraction of sp³-hybridized carbons (Fsp3) is 0.438. The van der Waals surface area contributed by atoms with Crippen LogP contribution in [0.15, 0.2) is 33.9 Å². The first-order chi connectivity index (χ1) is 11.6. The summed E-state index contributed by atoms with van der Waals surface area (Å²) in [6.07, 6.45) is 3.67. The molecule has 0 bridgehead atoms. The van der Waals surface area contributed by atoms with Crippen LogP contribution < -0.4 is 11.1 Å². The Labute approximate surface area is 150 Å². The predicted octanol–water partition coefficient (Wildman–Crippen LogP) is 3.12. The monoisotopic (exact) mass is 366 g/mol. The van der Waals surface area contributed by atoms with Crippen LogP contribution in [0.25, 0.3) is 0 Å². The van der Waals surface area contributed by atoms with E-state index in [1.165, 1.54) is 11.8 Å². The van der Waals surface area contributed by atoms with Crippen LogP contribution >= 0.6 is 23.5 Å². The number of rotatable bonds is 9. The molecule has 0 aliphatic heterocycles. The number of benzene rings is 1. The lowest BCUT2D eigenvalue weighted by atomic mass is 10.1. The van der Waals surface area contributed by atoms with Gasteiger partial charge in [0.1, 0.15) is 0 Å². The maximum Gasteiger partial charge on any atom is 0.277 e. The summed E-state index contributed by atoms with van der Waals surface area (Å²) < 4.78 is 5.51. The highest BCUT2D eigenvalue weighted by molar-refractivity contribution is 7.99. The molecule has 0 fully saturated rings. The van der Waals surface area contributed by atoms with Crippen molar-refractivity contribution >= 4 is 35.1 Å². The van der Waals surface area contributed by atoms with E-state index in [0.717, 1.165) is 29.8 Å². The fourth-order valence-electron chi connectivity index (χ4n) is 2.06. The Hall–Kier alpha value is -1.51. The number of thioether (sulfide) groups is 2. The Balaban J connectivity index is 1.85. The van der Waals surface area contributed by atoms with Gasteiger partial charge in [-0.2, -0.15) is 11.8 Å². The third kappa shape index (κ3) is 5.54. The molecule has 0 saturated heterocycles. The van der Waals surface area contributed by atoms with E-state index >= 15 is 0 Å². The summed E-state index contributed by atoms with van der Waals surface area (Å²) in [5, 5.41) is 11.2. The standard InChI is InChI=1S/C16H22N4O2S2/c1-3-11-6-4-5-7-13(11)18-14(21)10-24-16-20-19-15(22-16)12(17)8-9-23-2/h4-7,12H,3,8-10,17H2,1-2H3,(H,18,21)/t12-/m0/s1. The van der Waals surface area contributed by atoms with Crippen molar-refractivity contribution in [2.45, 2.75) is 31.0 Å². The van der Waals surface area contributed by atoms with Crippen molar-refractivity contribution in [1.29, 1.82) is 0 Å². The molecule has 2 rings (SSSR count). The average molecular weight is 367 g/mol. The maximum absolute atomic E-state index is 12.1. The van der Waals surface area contributed by atoms with E-state index in [1.54, 1.807) is 11.8 Å². The highest BCUT2D eigenvalue weighted by Crippen LogP contribution is 2.22. The predicted molar refractivity (Wildman–Crippen MR) is 99.4 cm³/mol. The summed E-state index contributed by atoms with van der Waals surface area (Å²) in [5.74, 6) is 1.46. The number of nitrogens with one attached hydrogen (secondary N) is 1. The van der Waals surface area contributed by atoms with E-state index in [4.69, 9.17) is 10.2 Å². The van der Waals surface area contributed by atoms with Crippen LogP contribution in [0.5, 0.6) is 0 Å². The van der Waals surface area contributed by atoms with Gasteiger partial charge in [-0.05, 0) is 36.5 Å². The van der Waals surface area contributed by atoms with Crippen LogP contribution in [0.1, 0.15) is 30.8 Å². The van der Waals surface area contributed by atoms with Gasteiger partial charge in [0.15, 0.2) is 0 Å². The lowest BCUT2D eigenvalue weighted by molar-refractivity contribution is -0.113. The molecule has 6 nitrogen and oxygen atoms in total. The number of nitrogens with zero attached hydrogens (tertiary/aromatic N) is 2. The molecule has 0 radical (unpaired) electrons. The van der Waals surface area contributed by atoms with Gasteiger partial charge in [0.25, 0.3) is 5.22 Å². The van der Waals surface area contributed by atoms with Crippen molar-refractivity contribution in [3.63, 3.8) is 0 Å². The van der Waals surface area contributed by atoms with E-state index in [0.29, 0.717) is 11.1 Å². The minimum atomic E-state index is -0.260. The molecule has 0 spiro atoms. The molecular formula is C16H22N4O2S2. The van der Waals surface area contributed by atoms with Crippen LogP contribution in [0, 0.1) is 0 Å². The van der Waals surface area contributed by atoms with Crippen LogP contribution in [-0.4, -0.2) is 33.9 Å². The molecule has 2 aromatic rings. The normalized spacial score (nSPS) is 12.1.